The number of hydrogen-bond acceptors (Lipinski definition) is 11. The Morgan fingerprint density at radius 2 is 1.10 bits per heavy atom. The van der Waals surface area contributed by atoms with Crippen molar-refractivity contribution in [2.45, 2.75) is 89.9 Å². The molecule has 0 aliphatic rings. The van der Waals surface area contributed by atoms with Gasteiger partial charge in [0.25, 0.3) is 6.10 Å². The first-order valence-corrected chi connectivity index (χ1v) is 20.0. The molecule has 15 nitrogen and oxygen atoms in total. The van der Waals surface area contributed by atoms with Gasteiger partial charge in [0.2, 0.25) is 17.7 Å². The largest absolute Gasteiger partial charge is 0.481 e. The molecular weight excluding hydrogens is 787 g/mol. The first kappa shape index (κ1) is 46.7. The minimum atomic E-state index is -1.78. The normalized spacial score (nSPS) is 11.6. The van der Waals surface area contributed by atoms with Gasteiger partial charge in [0.1, 0.15) is 37.7 Å². The summed E-state index contributed by atoms with van der Waals surface area (Å²) in [7, 11) is 0. The van der Waals surface area contributed by atoms with Gasteiger partial charge in [-0.2, -0.15) is 0 Å². The van der Waals surface area contributed by atoms with Crippen molar-refractivity contribution in [1.29, 1.82) is 0 Å². The molecule has 4 aromatic carbocycles. The first-order valence-electron chi connectivity index (χ1n) is 20.0. The van der Waals surface area contributed by atoms with Crippen molar-refractivity contribution >= 4 is 41.6 Å². The highest BCUT2D eigenvalue weighted by atomic mass is 16.6. The van der Waals surface area contributed by atoms with E-state index >= 15 is 0 Å². The standard InChI is InChI=1S/C46H51N3O12/c1-2-3-13-26-47-43(54)37(49-44(55)38(48-39(50)24-25-40(51)52)28-41(53)58-29-33-14-7-4-8-15-33)27-32-20-22-36(23-21-32)61-42(45(56)59-30-34-16-9-5-10-17-34)46(57)60-31-35-18-11-6-12-19-35/h4-12,14-23,37-38,42H,2-3,13,24-31H2,1H3,(H,47,54)(H,48,50)(H,49,55)(H,51,52)/t37-,38-/m0/s1. The van der Waals surface area contributed by atoms with E-state index in [9.17, 15) is 33.6 Å². The third-order valence-electron chi connectivity index (χ3n) is 9.04. The van der Waals surface area contributed by atoms with E-state index in [0.717, 1.165) is 12.8 Å². The average molecular weight is 838 g/mol. The zero-order chi connectivity index (χ0) is 43.8. The van der Waals surface area contributed by atoms with Crippen LogP contribution in [0.15, 0.2) is 115 Å². The van der Waals surface area contributed by atoms with Gasteiger partial charge >= 0.3 is 23.9 Å². The number of nitrogens with one attached hydrogen (secondary N) is 3. The second-order valence-corrected chi connectivity index (χ2v) is 14.0. The van der Waals surface area contributed by atoms with E-state index in [4.69, 9.17) is 24.1 Å². The Kier molecular flexibility index (Phi) is 19.5. The van der Waals surface area contributed by atoms with Crippen molar-refractivity contribution in [1.82, 2.24) is 16.0 Å². The molecule has 3 amide bonds. The van der Waals surface area contributed by atoms with Crippen LogP contribution in [0.4, 0.5) is 0 Å². The number of rotatable bonds is 25. The molecule has 0 spiro atoms. The van der Waals surface area contributed by atoms with Crippen molar-refractivity contribution in [2.24, 2.45) is 0 Å². The topological polar surface area (TPSA) is 213 Å². The van der Waals surface area contributed by atoms with Gasteiger partial charge in [-0.15, -0.1) is 0 Å². The molecule has 0 aliphatic carbocycles. The van der Waals surface area contributed by atoms with Crippen molar-refractivity contribution in [2.75, 3.05) is 6.54 Å². The van der Waals surface area contributed by atoms with Crippen LogP contribution >= 0.6 is 0 Å². The monoisotopic (exact) mass is 837 g/mol. The summed E-state index contributed by atoms with van der Waals surface area (Å²) in [4.78, 5) is 90.4. The molecule has 2 atom stereocenters. The lowest BCUT2D eigenvalue weighted by Gasteiger charge is -2.23. The van der Waals surface area contributed by atoms with Crippen LogP contribution in [0.2, 0.25) is 0 Å². The van der Waals surface area contributed by atoms with Crippen LogP contribution in [0.3, 0.4) is 0 Å². The smallest absolute Gasteiger partial charge is 0.359 e. The number of unbranched alkanes of at least 4 members (excludes halogenated alkanes) is 2. The summed E-state index contributed by atoms with van der Waals surface area (Å²) >= 11 is 0. The second-order valence-electron chi connectivity index (χ2n) is 14.0. The van der Waals surface area contributed by atoms with Crippen molar-refractivity contribution in [3.05, 3.63) is 138 Å². The van der Waals surface area contributed by atoms with Crippen molar-refractivity contribution in [3.63, 3.8) is 0 Å². The molecule has 0 aromatic heterocycles. The number of benzene rings is 4. The van der Waals surface area contributed by atoms with Crippen LogP contribution in [0, 0.1) is 0 Å². The lowest BCUT2D eigenvalue weighted by atomic mass is 10.0. The van der Waals surface area contributed by atoms with Gasteiger partial charge in [-0.25, -0.2) is 9.59 Å². The lowest BCUT2D eigenvalue weighted by molar-refractivity contribution is -0.168. The molecule has 4 N–H and O–H groups in total. The Balaban J connectivity index is 1.49. The summed E-state index contributed by atoms with van der Waals surface area (Å²) in [6, 6.07) is 30.0. The van der Waals surface area contributed by atoms with E-state index in [0.29, 0.717) is 35.2 Å². The van der Waals surface area contributed by atoms with Gasteiger partial charge in [-0.05, 0) is 40.8 Å². The molecule has 0 aliphatic heterocycles. The number of ether oxygens (including phenoxy) is 4. The van der Waals surface area contributed by atoms with Crippen molar-refractivity contribution < 1.29 is 57.6 Å². The fraction of sp³-hybridized carbons (Fsp3) is 0.326. The summed E-state index contributed by atoms with van der Waals surface area (Å²) in [6.07, 6.45) is -0.952. The zero-order valence-corrected chi connectivity index (χ0v) is 33.9. The maximum Gasteiger partial charge on any atom is 0.359 e. The van der Waals surface area contributed by atoms with Crippen LogP contribution < -0.4 is 20.7 Å². The third-order valence-corrected chi connectivity index (χ3v) is 9.04. The quantitative estimate of drug-likeness (QED) is 0.0309. The highest BCUT2D eigenvalue weighted by molar-refractivity contribution is 5.98. The number of carbonyl (C=O) groups is 7. The molecule has 15 heteroatoms. The Labute approximate surface area is 354 Å². The molecule has 0 saturated heterocycles. The number of esters is 3. The van der Waals surface area contributed by atoms with Crippen LogP contribution in [-0.2, 0) is 74.0 Å². The molecule has 0 heterocycles. The average Bonchev–Trinajstić information content (AvgIpc) is 3.27. The van der Waals surface area contributed by atoms with Gasteiger partial charge in [-0.3, -0.25) is 24.0 Å². The predicted molar refractivity (Wildman–Crippen MR) is 221 cm³/mol. The zero-order valence-electron chi connectivity index (χ0n) is 33.9. The number of carboxylic acid groups (broad SMARTS) is 1. The maximum atomic E-state index is 13.8. The second kappa shape index (κ2) is 25.5. The Hall–Kier alpha value is -7.03. The maximum absolute atomic E-state index is 13.8. The van der Waals surface area contributed by atoms with E-state index in [1.54, 1.807) is 91.0 Å². The molecule has 61 heavy (non-hydrogen) atoms. The number of carboxylic acids is 1. The molecule has 4 rings (SSSR count). The van der Waals surface area contributed by atoms with E-state index in [-0.39, 0.29) is 32.0 Å². The van der Waals surface area contributed by atoms with Gasteiger partial charge in [0.15, 0.2) is 0 Å². The Morgan fingerprint density at radius 3 is 1.61 bits per heavy atom. The Bertz CT molecular complexity index is 1970. The van der Waals surface area contributed by atoms with E-state index in [1.165, 1.54) is 12.1 Å². The van der Waals surface area contributed by atoms with Crippen molar-refractivity contribution in [3.8, 4) is 5.75 Å². The van der Waals surface area contributed by atoms with E-state index in [1.807, 2.05) is 19.1 Å². The highest BCUT2D eigenvalue weighted by Crippen LogP contribution is 2.18. The molecule has 0 saturated carbocycles. The Morgan fingerprint density at radius 1 is 0.574 bits per heavy atom. The first-order chi connectivity index (χ1) is 29.5. The van der Waals surface area contributed by atoms with Gasteiger partial charge in [0.05, 0.1) is 12.8 Å². The molecule has 0 radical (unpaired) electrons. The number of aliphatic carboxylic acids is 1. The van der Waals surface area contributed by atoms with Crippen LogP contribution in [0.5, 0.6) is 5.75 Å². The molecule has 4 aromatic rings. The summed E-state index contributed by atoms with van der Waals surface area (Å²) < 4.78 is 22.0. The van der Waals surface area contributed by atoms with Crippen LogP contribution in [0.1, 0.15) is 67.7 Å². The van der Waals surface area contributed by atoms with Gasteiger partial charge in [-0.1, -0.05) is 123 Å². The van der Waals surface area contributed by atoms with Gasteiger partial charge in [0, 0.05) is 19.4 Å². The van der Waals surface area contributed by atoms with Crippen LogP contribution in [0.25, 0.3) is 0 Å². The summed E-state index contributed by atoms with van der Waals surface area (Å²) in [5, 5.41) is 16.9. The molecule has 322 valence electrons. The van der Waals surface area contributed by atoms with Gasteiger partial charge < -0.3 is 40.0 Å². The highest BCUT2D eigenvalue weighted by Gasteiger charge is 2.33. The minimum Gasteiger partial charge on any atom is -0.481 e. The fourth-order valence-electron chi connectivity index (χ4n) is 5.73. The minimum absolute atomic E-state index is 0.0641. The molecule has 0 fully saturated rings. The molecular formula is C46H51N3O12. The number of hydrogen-bond donors (Lipinski definition) is 4. The predicted octanol–water partition coefficient (Wildman–Crippen LogP) is 4.74. The number of carbonyl (C=O) groups excluding carboxylic acids is 6. The number of amides is 3. The lowest BCUT2D eigenvalue weighted by Crippen LogP contribution is -2.55. The van der Waals surface area contributed by atoms with Crippen LogP contribution in [-0.4, -0.2) is 71.4 Å². The van der Waals surface area contributed by atoms with E-state index < -0.39 is 79.0 Å². The summed E-state index contributed by atoms with van der Waals surface area (Å²) in [6.45, 7) is 2.03. The molecule has 0 unspecified atom stereocenters. The summed E-state index contributed by atoms with van der Waals surface area (Å²) in [5.74, 6) is -6.08. The molecule has 0 bridgehead atoms. The fourth-order valence-corrected chi connectivity index (χ4v) is 5.73. The SMILES string of the molecule is CCCCCNC(=O)[C@H](Cc1ccc(OC(C(=O)OCc2ccccc2)C(=O)OCc2ccccc2)cc1)NC(=O)[C@H](CC(=O)OCc1ccccc1)NC(=O)CCC(=O)O. The van der Waals surface area contributed by atoms with E-state index in [2.05, 4.69) is 16.0 Å². The third kappa shape index (κ3) is 17.4. The summed E-state index contributed by atoms with van der Waals surface area (Å²) in [5.41, 5.74) is 2.62.